The third-order valence-electron chi connectivity index (χ3n) is 3.66. The number of halogens is 1. The van der Waals surface area contributed by atoms with Crippen LogP contribution < -0.4 is 9.80 Å². The van der Waals surface area contributed by atoms with Gasteiger partial charge in [0, 0.05) is 25.7 Å². The first-order valence-electron chi connectivity index (χ1n) is 6.54. The van der Waals surface area contributed by atoms with Crippen molar-refractivity contribution in [2.24, 2.45) is 0 Å². The van der Waals surface area contributed by atoms with Crippen LogP contribution in [0.3, 0.4) is 0 Å². The van der Waals surface area contributed by atoms with Crippen molar-refractivity contribution in [2.45, 2.75) is 0 Å². The molecule has 2 aromatic rings. The zero-order chi connectivity index (χ0) is 14.1. The van der Waals surface area contributed by atoms with Crippen LogP contribution in [0.5, 0.6) is 0 Å². The molecule has 2 aromatic carbocycles. The highest BCUT2D eigenvalue weighted by Crippen LogP contribution is 2.38. The van der Waals surface area contributed by atoms with E-state index in [1.165, 1.54) is 6.07 Å². The van der Waals surface area contributed by atoms with Crippen LogP contribution in [0.25, 0.3) is 0 Å². The summed E-state index contributed by atoms with van der Waals surface area (Å²) in [5, 5.41) is 0. The molecule has 3 nitrogen and oxygen atoms in total. The van der Waals surface area contributed by atoms with Crippen molar-refractivity contribution in [1.29, 1.82) is 0 Å². The molecule has 0 amide bonds. The molecule has 0 radical (unpaired) electrons. The number of carbonyl (C=O) groups is 1. The van der Waals surface area contributed by atoms with Gasteiger partial charge < -0.3 is 9.80 Å². The second kappa shape index (κ2) is 4.96. The fourth-order valence-electron chi connectivity index (χ4n) is 2.65. The molecule has 1 heterocycles. The molecule has 0 bridgehead atoms. The Hall–Kier alpha value is -2.36. The number of para-hydroxylation sites is 3. The van der Waals surface area contributed by atoms with Gasteiger partial charge in [0.05, 0.1) is 17.1 Å². The Morgan fingerprint density at radius 3 is 2.55 bits per heavy atom. The van der Waals surface area contributed by atoms with E-state index in [1.807, 2.05) is 36.2 Å². The molecular weight excluding hydrogens is 255 g/mol. The van der Waals surface area contributed by atoms with E-state index in [-0.39, 0.29) is 5.82 Å². The van der Waals surface area contributed by atoms with Crippen LogP contribution in [-0.2, 0) is 0 Å². The van der Waals surface area contributed by atoms with E-state index >= 15 is 0 Å². The SMILES string of the molecule is CN1CCN(c2c(F)cccc2C=O)c2ccccc21. The third kappa shape index (κ3) is 1.93. The molecule has 0 aromatic heterocycles. The number of benzene rings is 2. The Balaban J connectivity index is 2.18. The van der Waals surface area contributed by atoms with Gasteiger partial charge >= 0.3 is 0 Å². The molecule has 102 valence electrons. The van der Waals surface area contributed by atoms with Crippen molar-refractivity contribution < 1.29 is 9.18 Å². The van der Waals surface area contributed by atoms with E-state index in [0.29, 0.717) is 24.1 Å². The largest absolute Gasteiger partial charge is 0.371 e. The van der Waals surface area contributed by atoms with Crippen molar-refractivity contribution in [1.82, 2.24) is 0 Å². The van der Waals surface area contributed by atoms with E-state index in [1.54, 1.807) is 12.1 Å². The fourth-order valence-corrected chi connectivity index (χ4v) is 2.65. The standard InChI is InChI=1S/C16H15FN2O/c1-18-9-10-19(15-8-3-2-7-14(15)18)16-12(11-20)5-4-6-13(16)17/h2-8,11H,9-10H2,1H3. The second-order valence-corrected chi connectivity index (χ2v) is 4.86. The van der Waals surface area contributed by atoms with E-state index in [4.69, 9.17) is 0 Å². The van der Waals surface area contributed by atoms with E-state index in [9.17, 15) is 9.18 Å². The van der Waals surface area contributed by atoms with Gasteiger partial charge in [-0.2, -0.15) is 0 Å². The van der Waals surface area contributed by atoms with Crippen LogP contribution >= 0.6 is 0 Å². The van der Waals surface area contributed by atoms with Crippen molar-refractivity contribution in [3.63, 3.8) is 0 Å². The first-order chi connectivity index (χ1) is 9.72. The summed E-state index contributed by atoms with van der Waals surface area (Å²) in [6, 6.07) is 12.4. The van der Waals surface area contributed by atoms with Crippen LogP contribution in [0, 0.1) is 5.82 Å². The minimum Gasteiger partial charge on any atom is -0.371 e. The van der Waals surface area contributed by atoms with Crippen LogP contribution in [0.15, 0.2) is 42.5 Å². The lowest BCUT2D eigenvalue weighted by Gasteiger charge is -2.37. The molecule has 0 N–H and O–H groups in total. The Kier molecular flexibility index (Phi) is 3.14. The molecule has 0 aliphatic carbocycles. The van der Waals surface area contributed by atoms with Crippen molar-refractivity contribution in [3.05, 3.63) is 53.8 Å². The highest BCUT2D eigenvalue weighted by molar-refractivity contribution is 5.90. The maximum Gasteiger partial charge on any atom is 0.152 e. The predicted octanol–water partition coefficient (Wildman–Crippen LogP) is 3.23. The molecule has 0 spiro atoms. The monoisotopic (exact) mass is 270 g/mol. The lowest BCUT2D eigenvalue weighted by atomic mass is 10.1. The molecule has 0 fully saturated rings. The summed E-state index contributed by atoms with van der Waals surface area (Å²) in [6.45, 7) is 1.43. The summed E-state index contributed by atoms with van der Waals surface area (Å²) >= 11 is 0. The highest BCUT2D eigenvalue weighted by atomic mass is 19.1. The topological polar surface area (TPSA) is 23.6 Å². The molecule has 0 saturated carbocycles. The van der Waals surface area contributed by atoms with Crippen LogP contribution in [0.2, 0.25) is 0 Å². The number of hydrogen-bond donors (Lipinski definition) is 0. The fraction of sp³-hybridized carbons (Fsp3) is 0.188. The number of anilines is 3. The van der Waals surface area contributed by atoms with Gasteiger partial charge in [0.2, 0.25) is 0 Å². The lowest BCUT2D eigenvalue weighted by molar-refractivity contribution is 0.112. The van der Waals surface area contributed by atoms with E-state index < -0.39 is 0 Å². The van der Waals surface area contributed by atoms with Gasteiger partial charge in [-0.15, -0.1) is 0 Å². The van der Waals surface area contributed by atoms with Crippen molar-refractivity contribution in [3.8, 4) is 0 Å². The molecule has 20 heavy (non-hydrogen) atoms. The van der Waals surface area contributed by atoms with Gasteiger partial charge in [-0.1, -0.05) is 18.2 Å². The molecule has 0 atom stereocenters. The number of likely N-dealkylation sites (N-methyl/N-ethyl adjacent to an activating group) is 1. The van der Waals surface area contributed by atoms with Crippen molar-refractivity contribution >= 4 is 23.3 Å². The van der Waals surface area contributed by atoms with Gasteiger partial charge in [0.15, 0.2) is 6.29 Å². The van der Waals surface area contributed by atoms with Crippen molar-refractivity contribution in [2.75, 3.05) is 29.9 Å². The van der Waals surface area contributed by atoms with Crippen LogP contribution in [-0.4, -0.2) is 26.4 Å². The van der Waals surface area contributed by atoms with Crippen LogP contribution in [0.1, 0.15) is 10.4 Å². The molecule has 1 aliphatic heterocycles. The number of carbonyl (C=O) groups excluding carboxylic acids is 1. The summed E-state index contributed by atoms with van der Waals surface area (Å²) in [5.41, 5.74) is 2.71. The summed E-state index contributed by atoms with van der Waals surface area (Å²) in [6.07, 6.45) is 0.708. The normalized spacial score (nSPS) is 14.1. The van der Waals surface area contributed by atoms with Gasteiger partial charge in [-0.05, 0) is 24.3 Å². The quantitative estimate of drug-likeness (QED) is 0.783. The third-order valence-corrected chi connectivity index (χ3v) is 3.66. The highest BCUT2D eigenvalue weighted by Gasteiger charge is 2.24. The Labute approximate surface area is 117 Å². The van der Waals surface area contributed by atoms with Gasteiger partial charge in [0.1, 0.15) is 5.82 Å². The first kappa shape index (κ1) is 12.7. The molecular formula is C16H15FN2O. The Bertz CT molecular complexity index is 657. The summed E-state index contributed by atoms with van der Waals surface area (Å²) in [7, 11) is 2.01. The van der Waals surface area contributed by atoms with Crippen LogP contribution in [0.4, 0.5) is 21.5 Å². The van der Waals surface area contributed by atoms with Gasteiger partial charge in [0.25, 0.3) is 0 Å². The first-order valence-corrected chi connectivity index (χ1v) is 6.54. The van der Waals surface area contributed by atoms with Gasteiger partial charge in [-0.3, -0.25) is 4.79 Å². The number of nitrogens with zero attached hydrogens (tertiary/aromatic N) is 2. The molecule has 4 heteroatoms. The molecule has 0 saturated heterocycles. The Morgan fingerprint density at radius 2 is 1.80 bits per heavy atom. The minimum atomic E-state index is -0.367. The Morgan fingerprint density at radius 1 is 1.05 bits per heavy atom. The molecule has 3 rings (SSSR count). The van der Waals surface area contributed by atoms with Gasteiger partial charge in [-0.25, -0.2) is 4.39 Å². The minimum absolute atomic E-state index is 0.364. The summed E-state index contributed by atoms with van der Waals surface area (Å²) < 4.78 is 14.2. The van der Waals surface area contributed by atoms with E-state index in [0.717, 1.165) is 17.9 Å². The second-order valence-electron chi connectivity index (χ2n) is 4.86. The predicted molar refractivity (Wildman–Crippen MR) is 78.5 cm³/mol. The zero-order valence-corrected chi connectivity index (χ0v) is 11.2. The summed E-state index contributed by atoms with van der Waals surface area (Å²) in [5.74, 6) is -0.367. The number of hydrogen-bond acceptors (Lipinski definition) is 3. The molecule has 1 aliphatic rings. The number of rotatable bonds is 2. The lowest BCUT2D eigenvalue weighted by Crippen LogP contribution is -2.37. The number of fused-ring (bicyclic) bond motifs is 1. The zero-order valence-electron chi connectivity index (χ0n) is 11.2. The summed E-state index contributed by atoms with van der Waals surface area (Å²) in [4.78, 5) is 15.2. The smallest absolute Gasteiger partial charge is 0.152 e. The number of aldehydes is 1. The molecule has 0 unspecified atom stereocenters. The van der Waals surface area contributed by atoms with E-state index in [2.05, 4.69) is 4.90 Å². The maximum absolute atomic E-state index is 14.2. The maximum atomic E-state index is 14.2. The average Bonchev–Trinajstić information content (AvgIpc) is 2.48. The average molecular weight is 270 g/mol.